The molecule has 1 aromatic rings. The highest BCUT2D eigenvalue weighted by molar-refractivity contribution is 7.88. The molecule has 0 aromatic heterocycles. The zero-order valence-corrected chi connectivity index (χ0v) is 13.8. The van der Waals surface area contributed by atoms with Gasteiger partial charge < -0.3 is 9.58 Å². The number of hydrogen-bond acceptors (Lipinski definition) is 4. The molecule has 1 aliphatic carbocycles. The molecule has 7 nitrogen and oxygen atoms in total. The number of halogens is 1. The number of hydrogen-bond donors (Lipinski definition) is 1. The maximum absolute atomic E-state index is 14.3. The van der Waals surface area contributed by atoms with Crippen molar-refractivity contribution in [3.8, 4) is 0 Å². The maximum atomic E-state index is 14.3. The number of carbonyl (C=O) groups is 1. The number of nitrogens with one attached hydrogen (secondary N) is 1. The van der Waals surface area contributed by atoms with Crippen LogP contribution >= 0.6 is 0 Å². The van der Waals surface area contributed by atoms with Crippen molar-refractivity contribution in [2.24, 2.45) is 0 Å². The van der Waals surface area contributed by atoms with E-state index in [1.54, 1.807) is 6.07 Å². The quantitative estimate of drug-likeness (QED) is 0.816. The van der Waals surface area contributed by atoms with Crippen molar-refractivity contribution in [1.82, 2.24) is 4.72 Å². The maximum Gasteiger partial charge on any atom is 0.414 e. The van der Waals surface area contributed by atoms with Gasteiger partial charge in [-0.25, -0.2) is 28.9 Å². The van der Waals surface area contributed by atoms with Crippen molar-refractivity contribution in [2.45, 2.75) is 24.5 Å². The van der Waals surface area contributed by atoms with Crippen LogP contribution in [0.1, 0.15) is 18.4 Å². The minimum absolute atomic E-state index is 0.0392. The Bertz CT molecular complexity index is 830. The largest absolute Gasteiger partial charge is 0.443 e. The molecule has 1 atom stereocenters. The number of nitrogens with zero attached hydrogens (tertiary/aromatic N) is 2. The summed E-state index contributed by atoms with van der Waals surface area (Å²) in [6.07, 6.45) is 0.984. The molecule has 24 heavy (non-hydrogen) atoms. The molecule has 1 saturated heterocycles. The third kappa shape index (κ3) is 3.20. The molecule has 128 valence electrons. The van der Waals surface area contributed by atoms with E-state index in [4.69, 9.17) is 11.3 Å². The first-order chi connectivity index (χ1) is 11.2. The fourth-order valence-corrected chi connectivity index (χ4v) is 3.18. The fourth-order valence-electron chi connectivity index (χ4n) is 2.69. The van der Waals surface area contributed by atoms with Gasteiger partial charge in [0, 0.05) is 19.4 Å². The predicted molar refractivity (Wildman–Crippen MR) is 84.4 cm³/mol. The van der Waals surface area contributed by atoms with Crippen molar-refractivity contribution < 1.29 is 22.3 Å². The molecule has 1 aromatic carbocycles. The summed E-state index contributed by atoms with van der Waals surface area (Å²) in [5.41, 5.74) is -0.0798. The topological polar surface area (TPSA) is 80.1 Å². The number of rotatable bonds is 5. The molecule has 0 radical (unpaired) electrons. The lowest BCUT2D eigenvalue weighted by Crippen LogP contribution is -2.34. The molecule has 0 spiro atoms. The lowest BCUT2D eigenvalue weighted by molar-refractivity contribution is 0.143. The van der Waals surface area contributed by atoms with Crippen LogP contribution in [0.2, 0.25) is 0 Å². The third-order valence-corrected chi connectivity index (χ3v) is 4.84. The second-order valence-electron chi connectivity index (χ2n) is 6.04. The van der Waals surface area contributed by atoms with Gasteiger partial charge in [-0.3, -0.25) is 4.90 Å². The molecule has 1 amide bonds. The summed E-state index contributed by atoms with van der Waals surface area (Å²) in [7, 11) is -3.38. The lowest BCUT2D eigenvalue weighted by atomic mass is 10.0. The van der Waals surface area contributed by atoms with Gasteiger partial charge >= 0.3 is 6.09 Å². The number of cyclic esters (lactones) is 1. The molecular formula is C15H16FN3O4S. The van der Waals surface area contributed by atoms with Crippen LogP contribution in [0.25, 0.3) is 4.85 Å². The molecule has 1 N–H and O–H groups in total. The number of benzene rings is 1. The van der Waals surface area contributed by atoms with E-state index in [0.717, 1.165) is 6.26 Å². The van der Waals surface area contributed by atoms with Crippen LogP contribution in [0.15, 0.2) is 18.2 Å². The van der Waals surface area contributed by atoms with Gasteiger partial charge in [-0.15, -0.1) is 0 Å². The van der Waals surface area contributed by atoms with Gasteiger partial charge in [0.1, 0.15) is 11.9 Å². The van der Waals surface area contributed by atoms with E-state index in [1.165, 1.54) is 17.0 Å². The summed E-state index contributed by atoms with van der Waals surface area (Å²) in [5.74, 6) is -0.522. The summed E-state index contributed by atoms with van der Waals surface area (Å²) in [4.78, 5) is 16.7. The van der Waals surface area contributed by atoms with Gasteiger partial charge in [0.15, 0.2) is 0 Å². The molecule has 1 saturated carbocycles. The highest BCUT2D eigenvalue weighted by atomic mass is 32.2. The Morgan fingerprint density at radius 2 is 2.21 bits per heavy atom. The summed E-state index contributed by atoms with van der Waals surface area (Å²) in [5, 5.41) is 0. The Morgan fingerprint density at radius 3 is 2.75 bits per heavy atom. The molecule has 0 bridgehead atoms. The van der Waals surface area contributed by atoms with Crippen molar-refractivity contribution in [1.29, 1.82) is 0 Å². The first-order valence-corrected chi connectivity index (χ1v) is 9.25. The van der Waals surface area contributed by atoms with Crippen molar-refractivity contribution in [3.05, 3.63) is 41.0 Å². The molecule has 0 unspecified atom stereocenters. The first-order valence-electron chi connectivity index (χ1n) is 7.35. The molecule has 1 aliphatic heterocycles. The first kappa shape index (κ1) is 16.7. The van der Waals surface area contributed by atoms with Crippen LogP contribution in [0.3, 0.4) is 0 Å². The van der Waals surface area contributed by atoms with Gasteiger partial charge in [-0.2, -0.15) is 0 Å². The SMILES string of the molecule is [C-]#[N+]C1(c2ccc(N3C[C@H](CNS(C)(=O)=O)OC3=O)cc2F)CC1. The van der Waals surface area contributed by atoms with Gasteiger partial charge in [0.25, 0.3) is 5.54 Å². The average molecular weight is 353 g/mol. The number of anilines is 1. The summed E-state index contributed by atoms with van der Waals surface area (Å²) < 4.78 is 43.9. The summed E-state index contributed by atoms with van der Waals surface area (Å²) >= 11 is 0. The Balaban J connectivity index is 1.74. The Morgan fingerprint density at radius 1 is 1.50 bits per heavy atom. The van der Waals surface area contributed by atoms with Crippen LogP contribution in [-0.4, -0.2) is 40.0 Å². The van der Waals surface area contributed by atoms with Gasteiger partial charge in [0.2, 0.25) is 10.0 Å². The summed E-state index contributed by atoms with van der Waals surface area (Å²) in [6.45, 7) is 7.28. The van der Waals surface area contributed by atoms with E-state index < -0.39 is 33.6 Å². The Kier molecular flexibility index (Phi) is 3.97. The van der Waals surface area contributed by atoms with E-state index in [1.807, 2.05) is 0 Å². The Hall–Kier alpha value is -2.18. The minimum Gasteiger partial charge on any atom is -0.443 e. The Labute approximate surface area is 139 Å². The smallest absolute Gasteiger partial charge is 0.414 e. The number of carbonyl (C=O) groups excluding carboxylic acids is 1. The van der Waals surface area contributed by atoms with Crippen molar-refractivity contribution in [3.63, 3.8) is 0 Å². The third-order valence-electron chi connectivity index (χ3n) is 4.15. The molecular weight excluding hydrogens is 337 g/mol. The van der Waals surface area contributed by atoms with Gasteiger partial charge in [-0.05, 0) is 18.2 Å². The fraction of sp³-hybridized carbons (Fsp3) is 0.467. The lowest BCUT2D eigenvalue weighted by Gasteiger charge is -2.14. The number of sulfonamides is 1. The van der Waals surface area contributed by atoms with E-state index in [0.29, 0.717) is 24.1 Å². The van der Waals surface area contributed by atoms with E-state index in [9.17, 15) is 17.6 Å². The van der Waals surface area contributed by atoms with Crippen LogP contribution in [0.5, 0.6) is 0 Å². The van der Waals surface area contributed by atoms with Crippen LogP contribution in [0.4, 0.5) is 14.9 Å². The highest BCUT2D eigenvalue weighted by Crippen LogP contribution is 2.50. The molecule has 2 fully saturated rings. The zero-order chi connectivity index (χ0) is 17.5. The second-order valence-corrected chi connectivity index (χ2v) is 7.88. The van der Waals surface area contributed by atoms with Crippen LogP contribution < -0.4 is 9.62 Å². The highest BCUT2D eigenvalue weighted by Gasteiger charge is 2.54. The summed E-state index contributed by atoms with van der Waals surface area (Å²) in [6, 6.07) is 4.33. The number of ether oxygens (including phenoxy) is 1. The zero-order valence-electron chi connectivity index (χ0n) is 13.0. The second kappa shape index (κ2) is 5.72. The van der Waals surface area contributed by atoms with Gasteiger partial charge in [-0.1, -0.05) is 0 Å². The average Bonchev–Trinajstić information content (AvgIpc) is 3.21. The normalized spacial score (nSPS) is 22.1. The standard InChI is InChI=1S/C15H16FN3O4S/c1-17-15(5-6-15)12-4-3-10(7-13(12)16)19-9-11(23-14(19)20)8-18-24(2,21)22/h3-4,7,11,18H,5-6,8-9H2,2H3/t11-/m0/s1. The van der Waals surface area contributed by atoms with Crippen LogP contribution in [-0.2, 0) is 20.3 Å². The molecule has 3 rings (SSSR count). The van der Waals surface area contributed by atoms with Gasteiger partial charge in [0.05, 0.1) is 24.1 Å². The van der Waals surface area contributed by atoms with Crippen LogP contribution in [0, 0.1) is 12.4 Å². The van der Waals surface area contributed by atoms with Crippen molar-refractivity contribution in [2.75, 3.05) is 24.2 Å². The number of amides is 1. The van der Waals surface area contributed by atoms with E-state index in [-0.39, 0.29) is 13.1 Å². The molecule has 9 heteroatoms. The monoisotopic (exact) mass is 353 g/mol. The molecule has 2 aliphatic rings. The predicted octanol–water partition coefficient (Wildman–Crippen LogP) is 1.61. The van der Waals surface area contributed by atoms with E-state index in [2.05, 4.69) is 9.57 Å². The minimum atomic E-state index is -3.38. The molecule has 1 heterocycles. The van der Waals surface area contributed by atoms with E-state index >= 15 is 0 Å². The van der Waals surface area contributed by atoms with Crippen molar-refractivity contribution >= 4 is 21.8 Å².